The van der Waals surface area contributed by atoms with E-state index in [1.165, 1.54) is 0 Å². The van der Waals surface area contributed by atoms with Crippen molar-refractivity contribution in [2.24, 2.45) is 0 Å². The van der Waals surface area contributed by atoms with E-state index in [-0.39, 0.29) is 0 Å². The van der Waals surface area contributed by atoms with E-state index in [2.05, 4.69) is 11.7 Å². The Morgan fingerprint density at radius 1 is 1.12 bits per heavy atom. The number of ether oxygens (including phenoxy) is 1. The summed E-state index contributed by atoms with van der Waals surface area (Å²) in [6.45, 7) is 1.75. The van der Waals surface area contributed by atoms with Gasteiger partial charge in [-0.05, 0) is 0 Å². The van der Waals surface area contributed by atoms with Gasteiger partial charge in [0.05, 0.1) is 13.2 Å². The normalized spacial score (nSPS) is 27.5. The first kappa shape index (κ1) is 6.17. The molecule has 1 heterocycles. The lowest BCUT2D eigenvalue weighted by Gasteiger charge is -2.19. The van der Waals surface area contributed by atoms with E-state index < -0.39 is 9.21 Å². The average Bonchev–Trinajstić information content (AvgIpc) is 1.65. The standard InChI is InChI=1S/C6H12OS/c1-8(2)5-3-7-4-6-8/h1-6H2. The molecule has 0 aromatic rings. The van der Waals surface area contributed by atoms with E-state index >= 15 is 0 Å². The summed E-state index contributed by atoms with van der Waals surface area (Å²) < 4.78 is 5.15. The highest BCUT2D eigenvalue weighted by Gasteiger charge is 2.03. The summed E-state index contributed by atoms with van der Waals surface area (Å²) in [6.07, 6.45) is 0. The van der Waals surface area contributed by atoms with E-state index in [9.17, 15) is 0 Å². The molecule has 8 heavy (non-hydrogen) atoms. The van der Waals surface area contributed by atoms with Crippen LogP contribution in [0.1, 0.15) is 0 Å². The minimum absolute atomic E-state index is 0.708. The summed E-state index contributed by atoms with van der Waals surface area (Å²) in [7, 11) is -0.708. The maximum atomic E-state index is 5.15. The van der Waals surface area contributed by atoms with Crippen LogP contribution in [0.4, 0.5) is 0 Å². The van der Waals surface area contributed by atoms with Gasteiger partial charge in [0.25, 0.3) is 0 Å². The van der Waals surface area contributed by atoms with Gasteiger partial charge in [-0.25, -0.2) is 9.21 Å². The van der Waals surface area contributed by atoms with Crippen LogP contribution >= 0.6 is 9.21 Å². The molecule has 48 valence electrons. The van der Waals surface area contributed by atoms with Crippen LogP contribution in [0.15, 0.2) is 0 Å². The second kappa shape index (κ2) is 2.11. The third-order valence-corrected chi connectivity index (χ3v) is 3.39. The van der Waals surface area contributed by atoms with Crippen molar-refractivity contribution in [3.63, 3.8) is 0 Å². The Kier molecular flexibility index (Phi) is 1.63. The van der Waals surface area contributed by atoms with E-state index in [0.29, 0.717) is 0 Å². The Labute approximate surface area is 51.1 Å². The molecule has 0 aromatic carbocycles. The maximum absolute atomic E-state index is 5.15. The zero-order valence-electron chi connectivity index (χ0n) is 5.06. The van der Waals surface area contributed by atoms with E-state index in [1.807, 2.05) is 0 Å². The predicted octanol–water partition coefficient (Wildman–Crippen LogP) is 0.685. The molecule has 2 heteroatoms. The first-order chi connectivity index (χ1) is 3.71. The summed E-state index contributed by atoms with van der Waals surface area (Å²) >= 11 is 0. The molecular formula is C6H12OS. The van der Waals surface area contributed by atoms with Gasteiger partial charge in [-0.3, -0.25) is 0 Å². The molecule has 0 spiro atoms. The lowest BCUT2D eigenvalue weighted by Crippen LogP contribution is -2.13. The van der Waals surface area contributed by atoms with Crippen LogP contribution in [-0.4, -0.2) is 36.5 Å². The molecule has 0 radical (unpaired) electrons. The van der Waals surface area contributed by atoms with Crippen LogP contribution in [0, 0.1) is 0 Å². The summed E-state index contributed by atoms with van der Waals surface area (Å²) in [5.41, 5.74) is 0. The highest BCUT2D eigenvalue weighted by Crippen LogP contribution is 2.20. The molecule has 1 saturated heterocycles. The zero-order valence-corrected chi connectivity index (χ0v) is 5.88. The molecule has 0 atom stereocenters. The Morgan fingerprint density at radius 3 is 1.88 bits per heavy atom. The molecule has 0 saturated carbocycles. The van der Waals surface area contributed by atoms with Crippen LogP contribution in [0.3, 0.4) is 0 Å². The summed E-state index contributed by atoms with van der Waals surface area (Å²) in [5.74, 6) is 10.2. The smallest absolute Gasteiger partial charge is 0.0548 e. The Morgan fingerprint density at radius 2 is 1.62 bits per heavy atom. The van der Waals surface area contributed by atoms with Crippen molar-refractivity contribution in [2.45, 2.75) is 0 Å². The molecule has 0 N–H and O–H groups in total. The van der Waals surface area contributed by atoms with Crippen molar-refractivity contribution in [3.05, 3.63) is 0 Å². The van der Waals surface area contributed by atoms with Crippen molar-refractivity contribution in [1.82, 2.24) is 0 Å². The predicted molar refractivity (Wildman–Crippen MR) is 42.4 cm³/mol. The molecule has 1 aliphatic heterocycles. The largest absolute Gasteiger partial charge is 0.380 e. The number of hydrogen-bond acceptors (Lipinski definition) is 1. The first-order valence-corrected chi connectivity index (χ1v) is 5.04. The second-order valence-electron chi connectivity index (χ2n) is 2.25. The van der Waals surface area contributed by atoms with E-state index in [1.54, 1.807) is 0 Å². The number of rotatable bonds is 0. The molecule has 0 aliphatic carbocycles. The molecule has 0 aromatic heterocycles. The Hall–Kier alpha value is 0.0500. The van der Waals surface area contributed by atoms with E-state index in [4.69, 9.17) is 4.74 Å². The highest BCUT2D eigenvalue weighted by atomic mass is 32.2. The fourth-order valence-electron chi connectivity index (χ4n) is 0.676. The second-order valence-corrected chi connectivity index (χ2v) is 5.51. The molecule has 1 aliphatic rings. The third kappa shape index (κ3) is 1.53. The van der Waals surface area contributed by atoms with Crippen molar-refractivity contribution in [3.8, 4) is 0 Å². The maximum Gasteiger partial charge on any atom is 0.0548 e. The van der Waals surface area contributed by atoms with Gasteiger partial charge < -0.3 is 4.74 Å². The molecule has 0 bridgehead atoms. The van der Waals surface area contributed by atoms with Gasteiger partial charge >= 0.3 is 0 Å². The lowest BCUT2D eigenvalue weighted by atomic mass is 10.8. The first-order valence-electron chi connectivity index (χ1n) is 2.73. The van der Waals surface area contributed by atoms with Crippen LogP contribution in [0.5, 0.6) is 0 Å². The SMILES string of the molecule is C=S1(=C)CCOCC1. The third-order valence-electron chi connectivity index (χ3n) is 1.32. The summed E-state index contributed by atoms with van der Waals surface area (Å²) in [4.78, 5) is 0. The molecule has 1 fully saturated rings. The van der Waals surface area contributed by atoms with Crippen LogP contribution in [0.2, 0.25) is 0 Å². The van der Waals surface area contributed by atoms with Gasteiger partial charge in [-0.15, -0.1) is 0 Å². The van der Waals surface area contributed by atoms with Gasteiger partial charge in [-0.1, -0.05) is 11.7 Å². The number of hydrogen-bond donors (Lipinski definition) is 0. The van der Waals surface area contributed by atoms with Gasteiger partial charge in [-0.2, -0.15) is 0 Å². The zero-order chi connectivity index (χ0) is 6.04. The lowest BCUT2D eigenvalue weighted by molar-refractivity contribution is 0.160. The van der Waals surface area contributed by atoms with Crippen LogP contribution in [0.25, 0.3) is 0 Å². The van der Waals surface area contributed by atoms with Crippen LogP contribution < -0.4 is 0 Å². The molecule has 0 amide bonds. The summed E-state index contributed by atoms with van der Waals surface area (Å²) in [5, 5.41) is 0. The highest BCUT2D eigenvalue weighted by molar-refractivity contribution is 8.27. The molecule has 0 unspecified atom stereocenters. The van der Waals surface area contributed by atoms with Gasteiger partial charge in [0.2, 0.25) is 0 Å². The Bertz CT molecular complexity index is 143. The fraction of sp³-hybridized carbons (Fsp3) is 0.667. The minimum Gasteiger partial charge on any atom is -0.380 e. The van der Waals surface area contributed by atoms with Crippen molar-refractivity contribution in [2.75, 3.05) is 24.7 Å². The molecule has 1 rings (SSSR count). The van der Waals surface area contributed by atoms with Crippen molar-refractivity contribution >= 4 is 20.9 Å². The van der Waals surface area contributed by atoms with Gasteiger partial charge in [0.1, 0.15) is 0 Å². The summed E-state index contributed by atoms with van der Waals surface area (Å²) in [6, 6.07) is 0. The Balaban J connectivity index is 2.58. The average molecular weight is 132 g/mol. The topological polar surface area (TPSA) is 9.23 Å². The van der Waals surface area contributed by atoms with Gasteiger partial charge in [0.15, 0.2) is 0 Å². The van der Waals surface area contributed by atoms with Crippen molar-refractivity contribution in [1.29, 1.82) is 0 Å². The molecular weight excluding hydrogens is 120 g/mol. The monoisotopic (exact) mass is 132 g/mol. The fourth-order valence-corrected chi connectivity index (χ4v) is 1.82. The quantitative estimate of drug-likeness (QED) is 0.440. The minimum atomic E-state index is -0.708. The van der Waals surface area contributed by atoms with Crippen LogP contribution in [-0.2, 0) is 4.74 Å². The van der Waals surface area contributed by atoms with E-state index in [0.717, 1.165) is 24.7 Å². The van der Waals surface area contributed by atoms with Crippen molar-refractivity contribution < 1.29 is 4.74 Å². The molecule has 1 nitrogen and oxygen atoms in total. The van der Waals surface area contributed by atoms with Gasteiger partial charge in [0, 0.05) is 11.5 Å².